The van der Waals surface area contributed by atoms with Gasteiger partial charge in [0.2, 0.25) is 5.91 Å². The molecule has 1 heterocycles. The Hall–Kier alpha value is -1.56. The van der Waals surface area contributed by atoms with Crippen LogP contribution >= 0.6 is 0 Å². The summed E-state index contributed by atoms with van der Waals surface area (Å²) in [7, 11) is 0. The summed E-state index contributed by atoms with van der Waals surface area (Å²) in [4.78, 5) is 11.9. The second kappa shape index (κ2) is 6.93. The Labute approximate surface area is 121 Å². The molecule has 1 unspecified atom stereocenters. The quantitative estimate of drug-likeness (QED) is 0.897. The van der Waals surface area contributed by atoms with E-state index in [1.165, 1.54) is 12.1 Å². The van der Waals surface area contributed by atoms with Crippen molar-refractivity contribution in [2.75, 3.05) is 13.1 Å². The Bertz CT molecular complexity index is 456. The highest BCUT2D eigenvalue weighted by Gasteiger charge is 2.42. The normalized spacial score (nSPS) is 18.2. The van der Waals surface area contributed by atoms with Crippen LogP contribution in [0.25, 0.3) is 0 Å². The molecule has 1 atom stereocenters. The molecular formula is C15H19F3N2O. The molecule has 0 radical (unpaired) electrons. The van der Waals surface area contributed by atoms with Crippen molar-refractivity contribution in [3.05, 3.63) is 35.9 Å². The second-order valence-corrected chi connectivity index (χ2v) is 5.30. The molecule has 0 bridgehead atoms. The van der Waals surface area contributed by atoms with E-state index in [0.717, 1.165) is 25.9 Å². The lowest BCUT2D eigenvalue weighted by Gasteiger charge is -2.25. The summed E-state index contributed by atoms with van der Waals surface area (Å²) in [5.41, 5.74) is 0.130. The van der Waals surface area contributed by atoms with Gasteiger partial charge in [0.25, 0.3) is 0 Å². The fraction of sp³-hybridized carbons (Fsp3) is 0.533. The summed E-state index contributed by atoms with van der Waals surface area (Å²) in [5.74, 6) is -2.28. The Kier molecular flexibility index (Phi) is 5.22. The molecule has 1 amide bonds. The van der Waals surface area contributed by atoms with Gasteiger partial charge in [-0.2, -0.15) is 13.2 Å². The number of alkyl halides is 3. The first kappa shape index (κ1) is 15.8. The molecule has 21 heavy (non-hydrogen) atoms. The molecule has 2 rings (SSSR count). The third-order valence-corrected chi connectivity index (χ3v) is 3.69. The van der Waals surface area contributed by atoms with Crippen molar-refractivity contribution in [3.8, 4) is 0 Å². The van der Waals surface area contributed by atoms with Gasteiger partial charge in [-0.15, -0.1) is 0 Å². The van der Waals surface area contributed by atoms with Crippen LogP contribution in [0.1, 0.15) is 30.7 Å². The molecule has 1 aliphatic rings. The number of piperidine rings is 1. The van der Waals surface area contributed by atoms with Gasteiger partial charge in [0.1, 0.15) is 0 Å². The van der Waals surface area contributed by atoms with Gasteiger partial charge in [-0.1, -0.05) is 30.3 Å². The van der Waals surface area contributed by atoms with Crippen molar-refractivity contribution in [1.29, 1.82) is 0 Å². The van der Waals surface area contributed by atoms with E-state index in [9.17, 15) is 18.0 Å². The van der Waals surface area contributed by atoms with E-state index in [2.05, 4.69) is 10.6 Å². The molecule has 0 aromatic heterocycles. The first-order chi connectivity index (χ1) is 9.97. The van der Waals surface area contributed by atoms with Crippen molar-refractivity contribution in [2.45, 2.75) is 37.4 Å². The molecule has 116 valence electrons. The van der Waals surface area contributed by atoms with E-state index in [1.54, 1.807) is 18.2 Å². The van der Waals surface area contributed by atoms with E-state index < -0.39 is 24.4 Å². The van der Waals surface area contributed by atoms with Crippen LogP contribution in [0.5, 0.6) is 0 Å². The number of carbonyl (C=O) groups is 1. The number of benzene rings is 1. The first-order valence-electron chi connectivity index (χ1n) is 7.08. The number of hydrogen-bond donors (Lipinski definition) is 2. The van der Waals surface area contributed by atoms with E-state index in [1.807, 2.05) is 0 Å². The minimum Gasteiger partial charge on any atom is -0.353 e. The van der Waals surface area contributed by atoms with Crippen LogP contribution in [0.3, 0.4) is 0 Å². The molecule has 1 fully saturated rings. The zero-order valence-electron chi connectivity index (χ0n) is 11.6. The summed E-state index contributed by atoms with van der Waals surface area (Å²) < 4.78 is 39.5. The fourth-order valence-corrected chi connectivity index (χ4v) is 2.55. The Morgan fingerprint density at radius 3 is 2.43 bits per heavy atom. The maximum absolute atomic E-state index is 13.2. The zero-order valence-corrected chi connectivity index (χ0v) is 11.6. The van der Waals surface area contributed by atoms with Crippen molar-refractivity contribution >= 4 is 5.91 Å². The van der Waals surface area contributed by atoms with E-state index in [4.69, 9.17) is 0 Å². The zero-order chi connectivity index (χ0) is 15.3. The lowest BCUT2D eigenvalue weighted by molar-refractivity contribution is -0.157. The van der Waals surface area contributed by atoms with Crippen LogP contribution in [-0.2, 0) is 4.79 Å². The molecule has 1 saturated heterocycles. The molecular weight excluding hydrogens is 281 g/mol. The van der Waals surface area contributed by atoms with E-state index in [-0.39, 0.29) is 11.6 Å². The molecule has 1 aromatic rings. The maximum Gasteiger partial charge on any atom is 0.396 e. The number of amides is 1. The van der Waals surface area contributed by atoms with Crippen LogP contribution < -0.4 is 10.6 Å². The predicted molar refractivity (Wildman–Crippen MR) is 73.9 cm³/mol. The fourth-order valence-electron chi connectivity index (χ4n) is 2.55. The summed E-state index contributed by atoms with van der Waals surface area (Å²) in [5, 5.41) is 5.86. The monoisotopic (exact) mass is 300 g/mol. The third kappa shape index (κ3) is 4.74. The van der Waals surface area contributed by atoms with Crippen molar-refractivity contribution in [2.24, 2.45) is 0 Å². The summed E-state index contributed by atoms with van der Waals surface area (Å²) in [6.45, 7) is 1.57. The number of hydrogen-bond acceptors (Lipinski definition) is 2. The van der Waals surface area contributed by atoms with Gasteiger partial charge >= 0.3 is 6.18 Å². The predicted octanol–water partition coefficient (Wildman–Crippen LogP) is 2.59. The molecule has 2 N–H and O–H groups in total. The number of carbonyl (C=O) groups excluding carboxylic acids is 1. The average molecular weight is 300 g/mol. The molecule has 6 heteroatoms. The van der Waals surface area contributed by atoms with Crippen LogP contribution in [0.4, 0.5) is 13.2 Å². The lowest BCUT2D eigenvalue weighted by atomic mass is 9.94. The maximum atomic E-state index is 13.2. The van der Waals surface area contributed by atoms with Crippen LogP contribution in [0, 0.1) is 0 Å². The molecule has 0 spiro atoms. The standard InChI is InChI=1S/C15H19F3N2O/c16-15(17,18)13(11-4-2-1-3-5-11)10-14(21)20-12-6-8-19-9-7-12/h1-5,12-13,19H,6-10H2,(H,20,21). The van der Waals surface area contributed by atoms with Crippen LogP contribution in [0.15, 0.2) is 30.3 Å². The van der Waals surface area contributed by atoms with Crippen molar-refractivity contribution in [3.63, 3.8) is 0 Å². The summed E-state index contributed by atoms with van der Waals surface area (Å²) >= 11 is 0. The highest BCUT2D eigenvalue weighted by Crippen LogP contribution is 2.37. The lowest BCUT2D eigenvalue weighted by Crippen LogP contribution is -2.43. The van der Waals surface area contributed by atoms with Gasteiger partial charge < -0.3 is 10.6 Å². The van der Waals surface area contributed by atoms with Crippen molar-refractivity contribution in [1.82, 2.24) is 10.6 Å². The van der Waals surface area contributed by atoms with Gasteiger partial charge in [-0.3, -0.25) is 4.79 Å². The van der Waals surface area contributed by atoms with Crippen LogP contribution in [-0.4, -0.2) is 31.2 Å². The Balaban J connectivity index is 2.00. The minimum atomic E-state index is -4.42. The van der Waals surface area contributed by atoms with Gasteiger partial charge in [-0.05, 0) is 31.5 Å². The SMILES string of the molecule is O=C(CC(c1ccccc1)C(F)(F)F)NC1CCNCC1. The highest BCUT2D eigenvalue weighted by atomic mass is 19.4. The van der Waals surface area contributed by atoms with Gasteiger partial charge in [0.15, 0.2) is 0 Å². The first-order valence-corrected chi connectivity index (χ1v) is 7.08. The average Bonchev–Trinajstić information content (AvgIpc) is 2.45. The topological polar surface area (TPSA) is 41.1 Å². The summed E-state index contributed by atoms with van der Waals surface area (Å²) in [6.07, 6.45) is -3.47. The Morgan fingerprint density at radius 1 is 1.24 bits per heavy atom. The van der Waals surface area contributed by atoms with Gasteiger partial charge in [0, 0.05) is 12.5 Å². The van der Waals surface area contributed by atoms with Crippen LogP contribution in [0.2, 0.25) is 0 Å². The second-order valence-electron chi connectivity index (χ2n) is 5.30. The number of halogens is 3. The third-order valence-electron chi connectivity index (χ3n) is 3.69. The molecule has 0 aliphatic carbocycles. The van der Waals surface area contributed by atoms with Gasteiger partial charge in [0.05, 0.1) is 5.92 Å². The molecule has 1 aliphatic heterocycles. The smallest absolute Gasteiger partial charge is 0.353 e. The minimum absolute atomic E-state index is 0.0246. The van der Waals surface area contributed by atoms with E-state index >= 15 is 0 Å². The molecule has 3 nitrogen and oxygen atoms in total. The van der Waals surface area contributed by atoms with E-state index in [0.29, 0.717) is 0 Å². The van der Waals surface area contributed by atoms with Crippen molar-refractivity contribution < 1.29 is 18.0 Å². The number of nitrogens with one attached hydrogen (secondary N) is 2. The highest BCUT2D eigenvalue weighted by molar-refractivity contribution is 5.77. The molecule has 1 aromatic carbocycles. The van der Waals surface area contributed by atoms with Gasteiger partial charge in [-0.25, -0.2) is 0 Å². The largest absolute Gasteiger partial charge is 0.396 e. The Morgan fingerprint density at radius 2 is 1.86 bits per heavy atom. The number of rotatable bonds is 4. The summed E-state index contributed by atoms with van der Waals surface area (Å²) in [6, 6.07) is 7.57. The molecule has 0 saturated carbocycles.